The lowest BCUT2D eigenvalue weighted by Crippen LogP contribution is -2.29. The van der Waals surface area contributed by atoms with Crippen LogP contribution in [0.15, 0.2) is 73.2 Å². The molecule has 3 aromatic heterocycles. The summed E-state index contributed by atoms with van der Waals surface area (Å²) in [6, 6.07) is 18.8. The molecule has 0 spiro atoms. The highest BCUT2D eigenvalue weighted by atomic mass is 32.1. The zero-order valence-corrected chi connectivity index (χ0v) is 20.1. The Morgan fingerprint density at radius 1 is 0.879 bits per heavy atom. The van der Waals surface area contributed by atoms with Crippen LogP contribution in [-0.4, -0.2) is 19.6 Å². The minimum Gasteiger partial charge on any atom is -0.351 e. The summed E-state index contributed by atoms with van der Waals surface area (Å²) >= 11 is 5.90. The molecule has 0 aliphatic carbocycles. The van der Waals surface area contributed by atoms with Gasteiger partial charge in [0.15, 0.2) is 5.11 Å². The topological polar surface area (TPSA) is 46.0 Å². The van der Waals surface area contributed by atoms with E-state index in [1.54, 1.807) is 6.20 Å². The summed E-state index contributed by atoms with van der Waals surface area (Å²) in [5.74, 6) is 0. The third-order valence-electron chi connectivity index (χ3n) is 6.56. The summed E-state index contributed by atoms with van der Waals surface area (Å²) in [7, 11) is 0. The molecule has 0 bridgehead atoms. The monoisotopic (exact) mass is 453 g/mol. The van der Waals surface area contributed by atoms with E-state index >= 15 is 0 Å². The van der Waals surface area contributed by atoms with Crippen molar-refractivity contribution >= 4 is 23.0 Å². The Morgan fingerprint density at radius 2 is 1.73 bits per heavy atom. The van der Waals surface area contributed by atoms with Crippen molar-refractivity contribution in [3.63, 3.8) is 0 Å². The lowest BCUT2D eigenvalue weighted by molar-refractivity contribution is 0.565. The van der Waals surface area contributed by atoms with Crippen LogP contribution in [0.25, 0.3) is 5.69 Å². The van der Waals surface area contributed by atoms with E-state index in [1.807, 2.05) is 30.6 Å². The maximum Gasteiger partial charge on any atom is 0.174 e. The van der Waals surface area contributed by atoms with Crippen molar-refractivity contribution in [3.8, 4) is 5.69 Å². The zero-order valence-electron chi connectivity index (χ0n) is 19.3. The Bertz CT molecular complexity index is 1310. The van der Waals surface area contributed by atoms with Gasteiger partial charge >= 0.3 is 0 Å². The van der Waals surface area contributed by atoms with Gasteiger partial charge in [0.1, 0.15) is 0 Å². The lowest BCUT2D eigenvalue weighted by atomic mass is 9.96. The number of aromatic nitrogens is 3. The number of anilines is 1. The fourth-order valence-corrected chi connectivity index (χ4v) is 5.14. The molecule has 4 heterocycles. The number of hydrogen-bond acceptors (Lipinski definition) is 3. The van der Waals surface area contributed by atoms with Crippen LogP contribution >= 0.6 is 12.2 Å². The molecule has 1 saturated heterocycles. The van der Waals surface area contributed by atoms with Gasteiger partial charge in [0.25, 0.3) is 0 Å². The molecule has 1 aliphatic heterocycles. The predicted molar refractivity (Wildman–Crippen MR) is 137 cm³/mol. The number of benzene rings is 1. The van der Waals surface area contributed by atoms with Gasteiger partial charge in [0, 0.05) is 29.5 Å². The predicted octanol–water partition coefficient (Wildman–Crippen LogP) is 5.68. The Kier molecular flexibility index (Phi) is 5.46. The summed E-state index contributed by atoms with van der Waals surface area (Å²) in [4.78, 5) is 11.3. The summed E-state index contributed by atoms with van der Waals surface area (Å²) in [5, 5.41) is 4.28. The van der Waals surface area contributed by atoms with E-state index < -0.39 is 0 Å². The SMILES string of the molecule is Cc1ccc(N2C(=S)N[C@H](c3ccccn3)[C@@H]2c2cc(C)n(-c3cccnc3)c2C)cc1C. The molecule has 4 aromatic rings. The third-order valence-corrected chi connectivity index (χ3v) is 6.87. The number of hydrogen-bond donors (Lipinski definition) is 1. The zero-order chi connectivity index (χ0) is 23.1. The van der Waals surface area contributed by atoms with Crippen LogP contribution in [0.4, 0.5) is 5.69 Å². The maximum atomic E-state index is 5.90. The number of nitrogens with one attached hydrogen (secondary N) is 1. The quantitative estimate of drug-likeness (QED) is 0.403. The molecule has 6 heteroatoms. The second kappa shape index (κ2) is 8.45. The van der Waals surface area contributed by atoms with E-state index in [-0.39, 0.29) is 12.1 Å². The molecule has 33 heavy (non-hydrogen) atoms. The first-order chi connectivity index (χ1) is 16.0. The number of aryl methyl sites for hydroxylation is 3. The van der Waals surface area contributed by atoms with Crippen molar-refractivity contribution in [2.24, 2.45) is 0 Å². The molecule has 5 nitrogen and oxygen atoms in total. The minimum absolute atomic E-state index is 0.0360. The van der Waals surface area contributed by atoms with E-state index in [9.17, 15) is 0 Å². The lowest BCUT2D eigenvalue weighted by Gasteiger charge is -2.28. The van der Waals surface area contributed by atoms with Crippen LogP contribution in [-0.2, 0) is 0 Å². The first kappa shape index (κ1) is 21.3. The molecule has 1 aromatic carbocycles. The van der Waals surface area contributed by atoms with Crippen LogP contribution < -0.4 is 10.2 Å². The van der Waals surface area contributed by atoms with E-state index in [1.165, 1.54) is 22.4 Å². The van der Waals surface area contributed by atoms with Crippen molar-refractivity contribution in [2.75, 3.05) is 4.90 Å². The maximum absolute atomic E-state index is 5.90. The van der Waals surface area contributed by atoms with E-state index in [2.05, 4.69) is 88.8 Å². The first-order valence-corrected chi connectivity index (χ1v) is 11.5. The molecule has 1 fully saturated rings. The molecule has 1 N–H and O–H groups in total. The van der Waals surface area contributed by atoms with Gasteiger partial charge in [0.05, 0.1) is 29.7 Å². The Labute approximate surface area is 200 Å². The van der Waals surface area contributed by atoms with Gasteiger partial charge in [-0.05, 0) is 99.1 Å². The fraction of sp³-hybridized carbons (Fsp3) is 0.222. The van der Waals surface area contributed by atoms with Gasteiger partial charge in [-0.1, -0.05) is 12.1 Å². The van der Waals surface area contributed by atoms with Crippen molar-refractivity contribution in [2.45, 2.75) is 39.8 Å². The van der Waals surface area contributed by atoms with Gasteiger partial charge in [-0.15, -0.1) is 0 Å². The van der Waals surface area contributed by atoms with Gasteiger partial charge in [0.2, 0.25) is 0 Å². The molecule has 5 rings (SSSR count). The highest BCUT2D eigenvalue weighted by Crippen LogP contribution is 2.44. The Morgan fingerprint density at radius 3 is 2.42 bits per heavy atom. The normalized spacial score (nSPS) is 17.9. The second-order valence-corrected chi connectivity index (χ2v) is 9.02. The van der Waals surface area contributed by atoms with E-state index in [0.717, 1.165) is 22.8 Å². The highest BCUT2D eigenvalue weighted by Gasteiger charge is 2.42. The molecular formula is C27H27N5S. The molecular weight excluding hydrogens is 426 g/mol. The molecule has 1 aliphatic rings. The van der Waals surface area contributed by atoms with Gasteiger partial charge < -0.3 is 14.8 Å². The largest absolute Gasteiger partial charge is 0.351 e. The average molecular weight is 454 g/mol. The van der Waals surface area contributed by atoms with Gasteiger partial charge in [-0.3, -0.25) is 9.97 Å². The third kappa shape index (κ3) is 3.70. The first-order valence-electron chi connectivity index (χ1n) is 11.1. The Balaban J connectivity index is 1.69. The smallest absolute Gasteiger partial charge is 0.174 e. The standard InChI is InChI=1S/C27H27N5S/c1-17-10-11-21(14-18(17)2)32-26(25(30-27(32)33)24-9-5-6-13-29-24)23-15-19(3)31(20(23)4)22-8-7-12-28-16-22/h5-16,25-26H,1-4H3,(H,30,33)/t25-,26+/m1/s1. The number of rotatable bonds is 4. The van der Waals surface area contributed by atoms with Crippen molar-refractivity contribution < 1.29 is 0 Å². The number of pyridine rings is 2. The minimum atomic E-state index is -0.0665. The number of nitrogens with zero attached hydrogens (tertiary/aromatic N) is 4. The molecule has 0 saturated carbocycles. The highest BCUT2D eigenvalue weighted by molar-refractivity contribution is 7.80. The summed E-state index contributed by atoms with van der Waals surface area (Å²) in [5.41, 5.74) is 9.19. The fourth-order valence-electron chi connectivity index (χ4n) is 4.79. The number of thiocarbonyl (C=S) groups is 1. The molecule has 0 unspecified atom stereocenters. The van der Waals surface area contributed by atoms with Gasteiger partial charge in [-0.25, -0.2) is 0 Å². The van der Waals surface area contributed by atoms with Crippen molar-refractivity contribution in [1.82, 2.24) is 19.9 Å². The second-order valence-electron chi connectivity index (χ2n) is 8.64. The molecule has 166 valence electrons. The van der Waals surface area contributed by atoms with Crippen LogP contribution in [0.5, 0.6) is 0 Å². The van der Waals surface area contributed by atoms with Crippen LogP contribution in [0.3, 0.4) is 0 Å². The molecule has 2 atom stereocenters. The van der Waals surface area contributed by atoms with E-state index in [0.29, 0.717) is 5.11 Å². The van der Waals surface area contributed by atoms with Crippen LogP contribution in [0.1, 0.15) is 45.9 Å². The van der Waals surface area contributed by atoms with Gasteiger partial charge in [-0.2, -0.15) is 0 Å². The summed E-state index contributed by atoms with van der Waals surface area (Å²) in [6.45, 7) is 8.59. The molecule has 0 radical (unpaired) electrons. The average Bonchev–Trinajstić information content (AvgIpc) is 3.32. The molecule has 0 amide bonds. The summed E-state index contributed by atoms with van der Waals surface area (Å²) < 4.78 is 2.26. The van der Waals surface area contributed by atoms with Crippen LogP contribution in [0.2, 0.25) is 0 Å². The Hall–Kier alpha value is -3.51. The van der Waals surface area contributed by atoms with E-state index in [4.69, 9.17) is 12.2 Å². The van der Waals surface area contributed by atoms with Crippen molar-refractivity contribution in [1.29, 1.82) is 0 Å². The van der Waals surface area contributed by atoms with Crippen molar-refractivity contribution in [3.05, 3.63) is 107 Å². The van der Waals surface area contributed by atoms with Crippen LogP contribution in [0, 0.1) is 27.7 Å². The summed E-state index contributed by atoms with van der Waals surface area (Å²) in [6.07, 6.45) is 5.55.